The normalized spacial score (nSPS) is 23.6. The number of anilines is 3. The van der Waals surface area contributed by atoms with Gasteiger partial charge in [-0.25, -0.2) is 4.98 Å². The Morgan fingerprint density at radius 1 is 0.974 bits per heavy atom. The van der Waals surface area contributed by atoms with Crippen LogP contribution in [0.3, 0.4) is 0 Å². The van der Waals surface area contributed by atoms with Crippen LogP contribution in [0.2, 0.25) is 0 Å². The number of rotatable bonds is 9. The van der Waals surface area contributed by atoms with Crippen molar-refractivity contribution in [1.82, 2.24) is 24.2 Å². The summed E-state index contributed by atoms with van der Waals surface area (Å²) in [7, 11) is 0. The Labute approximate surface area is 224 Å². The van der Waals surface area contributed by atoms with Crippen LogP contribution in [0.15, 0.2) is 30.7 Å². The second-order valence-corrected chi connectivity index (χ2v) is 10.9. The van der Waals surface area contributed by atoms with Crippen LogP contribution in [0.1, 0.15) is 51.0 Å². The van der Waals surface area contributed by atoms with Crippen molar-refractivity contribution in [3.05, 3.63) is 30.7 Å². The van der Waals surface area contributed by atoms with Gasteiger partial charge in [0.05, 0.1) is 36.8 Å². The summed E-state index contributed by atoms with van der Waals surface area (Å²) in [4.78, 5) is 7.50. The van der Waals surface area contributed by atoms with Gasteiger partial charge in [-0.1, -0.05) is 0 Å². The number of hydrogen-bond acceptors (Lipinski definition) is 8. The molecule has 0 amide bonds. The molecule has 1 aromatic heterocycles. The van der Waals surface area contributed by atoms with E-state index in [1.54, 1.807) is 0 Å². The molecule has 5 aliphatic rings. The first-order valence-electron chi connectivity index (χ1n) is 14.3. The number of nitrogens with zero attached hydrogens (tertiary/aromatic N) is 5. The van der Waals surface area contributed by atoms with E-state index in [2.05, 4.69) is 54.4 Å². The van der Waals surface area contributed by atoms with Gasteiger partial charge in [-0.15, -0.1) is 0 Å². The number of morpholine rings is 1. The van der Waals surface area contributed by atoms with Crippen molar-refractivity contribution in [3.8, 4) is 11.3 Å². The number of ether oxygens (including phenoxy) is 2. The van der Waals surface area contributed by atoms with Gasteiger partial charge in [-0.2, -0.15) is 5.10 Å². The minimum atomic E-state index is 0.179. The van der Waals surface area contributed by atoms with E-state index in [0.29, 0.717) is 18.1 Å². The molecule has 0 unspecified atom stereocenters. The number of fused-ring (bicyclic) bond motifs is 1. The van der Waals surface area contributed by atoms with Gasteiger partial charge in [0.2, 0.25) is 0 Å². The van der Waals surface area contributed by atoms with E-state index < -0.39 is 0 Å². The van der Waals surface area contributed by atoms with Crippen molar-refractivity contribution >= 4 is 17.3 Å². The third-order valence-electron chi connectivity index (χ3n) is 8.35. The second-order valence-electron chi connectivity index (χ2n) is 10.9. The lowest BCUT2D eigenvalue weighted by Gasteiger charge is -2.39. The van der Waals surface area contributed by atoms with Crippen LogP contribution < -0.4 is 10.6 Å². The molecular weight excluding hydrogens is 482 g/mol. The lowest BCUT2D eigenvalue weighted by atomic mass is 9.89. The van der Waals surface area contributed by atoms with E-state index in [-0.39, 0.29) is 6.61 Å². The lowest BCUT2D eigenvalue weighted by molar-refractivity contribution is 0.00790. The minimum Gasteiger partial charge on any atom is -0.396 e. The summed E-state index contributed by atoms with van der Waals surface area (Å²) in [6.07, 6.45) is 13.5. The molecule has 10 nitrogen and oxygen atoms in total. The zero-order chi connectivity index (χ0) is 25.7. The smallest absolute Gasteiger partial charge is 0.131 e. The fourth-order valence-electron chi connectivity index (χ4n) is 6.21. The van der Waals surface area contributed by atoms with E-state index >= 15 is 0 Å². The summed E-state index contributed by atoms with van der Waals surface area (Å²) in [5.74, 6) is 1.93. The quantitative estimate of drug-likeness (QED) is 0.390. The molecule has 0 aromatic carbocycles. The van der Waals surface area contributed by atoms with Crippen LogP contribution in [0.5, 0.6) is 0 Å². The molecule has 3 N–H and O–H groups in total. The zero-order valence-electron chi connectivity index (χ0n) is 22.2. The highest BCUT2D eigenvalue weighted by atomic mass is 16.5. The Hall–Kier alpha value is -2.66. The average molecular weight is 524 g/mol. The van der Waals surface area contributed by atoms with E-state index in [1.807, 2.05) is 6.20 Å². The van der Waals surface area contributed by atoms with Gasteiger partial charge >= 0.3 is 0 Å². The molecule has 5 heterocycles. The fraction of sp³-hybridized carbons (Fsp3) is 0.643. The highest BCUT2D eigenvalue weighted by Gasteiger charge is 2.28. The fourth-order valence-corrected chi connectivity index (χ4v) is 6.21. The number of aliphatic hydroxyl groups is 1. The highest BCUT2D eigenvalue weighted by Crippen LogP contribution is 2.36. The van der Waals surface area contributed by atoms with Crippen molar-refractivity contribution in [1.29, 1.82) is 0 Å². The van der Waals surface area contributed by atoms with E-state index in [9.17, 15) is 5.11 Å². The van der Waals surface area contributed by atoms with Gasteiger partial charge in [0.1, 0.15) is 11.6 Å². The molecule has 0 atom stereocenters. The van der Waals surface area contributed by atoms with Crippen LogP contribution in [-0.4, -0.2) is 87.5 Å². The zero-order valence-corrected chi connectivity index (χ0v) is 22.2. The van der Waals surface area contributed by atoms with E-state index in [4.69, 9.17) is 14.5 Å². The van der Waals surface area contributed by atoms with E-state index in [1.165, 1.54) is 12.8 Å². The van der Waals surface area contributed by atoms with Crippen molar-refractivity contribution < 1.29 is 14.6 Å². The first-order valence-corrected chi connectivity index (χ1v) is 14.3. The van der Waals surface area contributed by atoms with Crippen molar-refractivity contribution in [2.24, 2.45) is 0 Å². The van der Waals surface area contributed by atoms with Crippen LogP contribution >= 0.6 is 0 Å². The molecule has 6 rings (SSSR count). The number of hydrogen-bond donors (Lipinski definition) is 3. The SMILES string of the molecule is OCCCn1ccc2nc(Nc3cnn(C4CCOCC4)c3)cc-2c1NC1CCC(N2CCOCC2)CC1. The molecule has 3 fully saturated rings. The maximum atomic E-state index is 9.49. The summed E-state index contributed by atoms with van der Waals surface area (Å²) < 4.78 is 15.3. The van der Waals surface area contributed by atoms with Gasteiger partial charge < -0.3 is 29.8 Å². The number of aryl methyl sites for hydroxylation is 1. The molecule has 0 radical (unpaired) electrons. The molecule has 0 bridgehead atoms. The van der Waals surface area contributed by atoms with Crippen molar-refractivity contribution in [2.75, 3.05) is 56.8 Å². The van der Waals surface area contributed by atoms with Crippen LogP contribution in [-0.2, 0) is 16.0 Å². The topological polar surface area (TPSA) is 102 Å². The summed E-state index contributed by atoms with van der Waals surface area (Å²) in [6, 6.07) is 5.71. The maximum Gasteiger partial charge on any atom is 0.131 e. The molecule has 1 saturated carbocycles. The van der Waals surface area contributed by atoms with Crippen LogP contribution in [0.25, 0.3) is 11.3 Å². The number of nitrogens with one attached hydrogen (secondary N) is 2. The van der Waals surface area contributed by atoms with Gasteiger partial charge in [0, 0.05) is 69.5 Å². The van der Waals surface area contributed by atoms with Gasteiger partial charge in [-0.3, -0.25) is 9.58 Å². The average Bonchev–Trinajstić information content (AvgIpc) is 3.61. The van der Waals surface area contributed by atoms with Crippen LogP contribution in [0.4, 0.5) is 17.3 Å². The third-order valence-corrected chi connectivity index (χ3v) is 8.35. The Morgan fingerprint density at radius 2 is 1.76 bits per heavy atom. The first-order chi connectivity index (χ1) is 18.8. The van der Waals surface area contributed by atoms with Crippen LogP contribution in [0, 0.1) is 0 Å². The molecular formula is C28H41N7O3. The van der Waals surface area contributed by atoms with Gasteiger partial charge in [-0.05, 0) is 57.1 Å². The highest BCUT2D eigenvalue weighted by molar-refractivity contribution is 5.80. The second kappa shape index (κ2) is 12.0. The summed E-state index contributed by atoms with van der Waals surface area (Å²) in [6.45, 7) is 6.39. The molecule has 1 aromatic rings. The maximum absolute atomic E-state index is 9.49. The van der Waals surface area contributed by atoms with Gasteiger partial charge in [0.15, 0.2) is 0 Å². The summed E-state index contributed by atoms with van der Waals surface area (Å²) in [5, 5.41) is 21.4. The Kier molecular flexibility index (Phi) is 8.10. The predicted molar refractivity (Wildman–Crippen MR) is 147 cm³/mol. The molecule has 2 saturated heterocycles. The number of pyridine rings is 1. The first kappa shape index (κ1) is 25.6. The Balaban J connectivity index is 1.17. The third kappa shape index (κ3) is 5.83. The molecule has 1 aliphatic carbocycles. The van der Waals surface area contributed by atoms with Gasteiger partial charge in [0.25, 0.3) is 0 Å². The molecule has 206 valence electrons. The molecule has 38 heavy (non-hydrogen) atoms. The number of aliphatic hydroxyl groups excluding tert-OH is 1. The summed E-state index contributed by atoms with van der Waals surface area (Å²) >= 11 is 0. The summed E-state index contributed by atoms with van der Waals surface area (Å²) in [5.41, 5.74) is 3.03. The van der Waals surface area contributed by atoms with E-state index in [0.717, 1.165) is 107 Å². The monoisotopic (exact) mass is 523 g/mol. The van der Waals surface area contributed by atoms with Crippen molar-refractivity contribution in [2.45, 2.75) is 69.6 Å². The lowest BCUT2D eigenvalue weighted by Crippen LogP contribution is -2.46. The van der Waals surface area contributed by atoms with Crippen molar-refractivity contribution in [3.63, 3.8) is 0 Å². The standard InChI is InChI=1S/C28H41N7O3/c36-13-1-9-34-10-6-26-25(28(34)31-21-2-4-23(5-3-21)33-11-16-38-17-12-33)18-27(32-26)30-22-19-29-35(20-22)24-7-14-37-15-8-24/h6,10,18-21,23-24,30-31,36H,1-5,7-9,11-17H2. The largest absolute Gasteiger partial charge is 0.396 e. The molecule has 0 spiro atoms. The molecule has 4 aliphatic heterocycles. The Bertz CT molecular complexity index is 1130. The predicted octanol–water partition coefficient (Wildman–Crippen LogP) is 3.72. The molecule has 10 heteroatoms. The minimum absolute atomic E-state index is 0.179. The Morgan fingerprint density at radius 3 is 2.55 bits per heavy atom. The number of aromatic nitrogens is 4.